The standard InChI is InChI=1S/C23H14BrCl2NO4/c24-14-5-1-13(2-6-14)21(29)19-20(12-3-8-16(28)9-4-12)27(23(31)22(19)30)15-7-10-17(25)18(26)11-15/h1-11,20,28-29H/b21-19+. The van der Waals surface area contributed by atoms with Crippen molar-refractivity contribution in [3.05, 3.63) is 97.9 Å². The minimum atomic E-state index is -0.929. The van der Waals surface area contributed by atoms with Crippen molar-refractivity contribution in [3.8, 4) is 5.75 Å². The van der Waals surface area contributed by atoms with Gasteiger partial charge in [0.1, 0.15) is 11.5 Å². The molecule has 3 aromatic rings. The molecule has 8 heteroatoms. The molecular weight excluding hydrogens is 505 g/mol. The first kappa shape index (κ1) is 21.4. The predicted molar refractivity (Wildman–Crippen MR) is 123 cm³/mol. The molecule has 3 aromatic carbocycles. The van der Waals surface area contributed by atoms with Crippen LogP contribution in [0.25, 0.3) is 5.76 Å². The van der Waals surface area contributed by atoms with E-state index >= 15 is 0 Å². The molecular formula is C23H14BrCl2NO4. The maximum atomic E-state index is 13.1. The Balaban J connectivity index is 1.95. The van der Waals surface area contributed by atoms with Crippen LogP contribution in [-0.2, 0) is 9.59 Å². The van der Waals surface area contributed by atoms with Crippen LogP contribution in [0, 0.1) is 0 Å². The Morgan fingerprint density at radius 2 is 1.55 bits per heavy atom. The smallest absolute Gasteiger partial charge is 0.300 e. The van der Waals surface area contributed by atoms with Gasteiger partial charge in [0, 0.05) is 15.7 Å². The molecule has 1 heterocycles. The first-order valence-electron chi connectivity index (χ1n) is 9.09. The number of amides is 1. The van der Waals surface area contributed by atoms with Gasteiger partial charge in [-0.25, -0.2) is 0 Å². The summed E-state index contributed by atoms with van der Waals surface area (Å²) in [6, 6.07) is 16.5. The molecule has 1 unspecified atom stereocenters. The van der Waals surface area contributed by atoms with E-state index in [0.29, 0.717) is 21.8 Å². The molecule has 4 rings (SSSR count). The number of carbonyl (C=O) groups excluding carboxylic acids is 2. The lowest BCUT2D eigenvalue weighted by atomic mass is 9.95. The van der Waals surface area contributed by atoms with Crippen LogP contribution in [0.2, 0.25) is 10.0 Å². The molecule has 5 nitrogen and oxygen atoms in total. The van der Waals surface area contributed by atoms with Crippen molar-refractivity contribution < 1.29 is 19.8 Å². The second kappa shape index (κ2) is 8.38. The summed E-state index contributed by atoms with van der Waals surface area (Å²) in [5.41, 5.74) is 1.20. The van der Waals surface area contributed by atoms with Gasteiger partial charge in [0.25, 0.3) is 11.7 Å². The highest BCUT2D eigenvalue weighted by atomic mass is 79.9. The molecule has 0 spiro atoms. The Bertz CT molecular complexity index is 1220. The predicted octanol–water partition coefficient (Wildman–Crippen LogP) is 6.09. The molecule has 0 saturated carbocycles. The van der Waals surface area contributed by atoms with Crippen LogP contribution in [0.4, 0.5) is 5.69 Å². The Morgan fingerprint density at radius 3 is 2.16 bits per heavy atom. The van der Waals surface area contributed by atoms with Crippen LogP contribution in [0.5, 0.6) is 5.75 Å². The lowest BCUT2D eigenvalue weighted by molar-refractivity contribution is -0.132. The van der Waals surface area contributed by atoms with Gasteiger partial charge in [0.05, 0.1) is 21.7 Å². The summed E-state index contributed by atoms with van der Waals surface area (Å²) in [4.78, 5) is 27.4. The molecule has 31 heavy (non-hydrogen) atoms. The maximum Gasteiger partial charge on any atom is 0.300 e. The summed E-state index contributed by atoms with van der Waals surface area (Å²) >= 11 is 15.5. The van der Waals surface area contributed by atoms with Crippen LogP contribution in [0.3, 0.4) is 0 Å². The van der Waals surface area contributed by atoms with Gasteiger partial charge in [-0.3, -0.25) is 14.5 Å². The number of aliphatic hydroxyl groups is 1. The third-order valence-corrected chi connectivity index (χ3v) is 6.22. The van der Waals surface area contributed by atoms with E-state index in [2.05, 4.69) is 15.9 Å². The number of phenolic OH excluding ortho intramolecular Hbond substituents is 1. The summed E-state index contributed by atoms with van der Waals surface area (Å²) in [5.74, 6) is -1.91. The first-order chi connectivity index (χ1) is 14.8. The van der Waals surface area contributed by atoms with E-state index in [4.69, 9.17) is 23.2 Å². The van der Waals surface area contributed by atoms with Crippen molar-refractivity contribution >= 4 is 62.3 Å². The molecule has 1 amide bonds. The average molecular weight is 519 g/mol. The molecule has 1 saturated heterocycles. The number of Topliss-reactive ketones (excluding diaryl/α,β-unsaturated/α-hetero) is 1. The van der Waals surface area contributed by atoms with E-state index in [-0.39, 0.29) is 22.1 Å². The minimum absolute atomic E-state index is 0.0307. The molecule has 1 aliphatic heterocycles. The van der Waals surface area contributed by atoms with Crippen molar-refractivity contribution in [2.24, 2.45) is 0 Å². The maximum absolute atomic E-state index is 13.1. The van der Waals surface area contributed by atoms with Gasteiger partial charge in [0.2, 0.25) is 0 Å². The van der Waals surface area contributed by atoms with E-state index in [9.17, 15) is 19.8 Å². The number of aromatic hydroxyl groups is 1. The molecule has 1 atom stereocenters. The topological polar surface area (TPSA) is 77.8 Å². The van der Waals surface area contributed by atoms with Crippen LogP contribution in [0.1, 0.15) is 17.2 Å². The number of rotatable bonds is 3. The quantitative estimate of drug-likeness (QED) is 0.250. The number of anilines is 1. The fourth-order valence-corrected chi connectivity index (χ4v) is 4.03. The van der Waals surface area contributed by atoms with Crippen molar-refractivity contribution in [1.82, 2.24) is 0 Å². The number of ketones is 1. The average Bonchev–Trinajstić information content (AvgIpc) is 3.01. The van der Waals surface area contributed by atoms with Crippen molar-refractivity contribution in [1.29, 1.82) is 0 Å². The number of phenols is 1. The van der Waals surface area contributed by atoms with Crippen molar-refractivity contribution in [2.45, 2.75) is 6.04 Å². The lowest BCUT2D eigenvalue weighted by Gasteiger charge is -2.25. The number of aliphatic hydroxyl groups excluding tert-OH is 1. The van der Waals surface area contributed by atoms with Crippen molar-refractivity contribution in [2.75, 3.05) is 4.90 Å². The number of halogens is 3. The third kappa shape index (κ3) is 3.94. The van der Waals surface area contributed by atoms with E-state index in [1.165, 1.54) is 29.2 Å². The van der Waals surface area contributed by atoms with Crippen molar-refractivity contribution in [3.63, 3.8) is 0 Å². The number of benzene rings is 3. The molecule has 0 aliphatic carbocycles. The molecule has 156 valence electrons. The van der Waals surface area contributed by atoms with Gasteiger partial charge >= 0.3 is 0 Å². The zero-order chi connectivity index (χ0) is 22.3. The van der Waals surface area contributed by atoms with Crippen LogP contribution in [-0.4, -0.2) is 21.9 Å². The Morgan fingerprint density at radius 1 is 0.903 bits per heavy atom. The highest BCUT2D eigenvalue weighted by Gasteiger charge is 2.47. The van der Waals surface area contributed by atoms with E-state index < -0.39 is 17.7 Å². The van der Waals surface area contributed by atoms with Crippen LogP contribution < -0.4 is 4.90 Å². The molecule has 0 radical (unpaired) electrons. The van der Waals surface area contributed by atoms with Gasteiger partial charge < -0.3 is 10.2 Å². The number of nitrogens with zero attached hydrogens (tertiary/aromatic N) is 1. The molecule has 2 N–H and O–H groups in total. The largest absolute Gasteiger partial charge is 0.508 e. The normalized spacial score (nSPS) is 17.9. The van der Waals surface area contributed by atoms with Crippen LogP contribution in [0.15, 0.2) is 76.8 Å². The summed E-state index contributed by atoms with van der Waals surface area (Å²) in [6.07, 6.45) is 0. The zero-order valence-electron chi connectivity index (χ0n) is 15.7. The second-order valence-electron chi connectivity index (χ2n) is 6.87. The molecule has 0 aromatic heterocycles. The summed E-state index contributed by atoms with van der Waals surface area (Å²) in [5, 5.41) is 21.2. The minimum Gasteiger partial charge on any atom is -0.508 e. The van der Waals surface area contributed by atoms with Gasteiger partial charge in [-0.15, -0.1) is 0 Å². The van der Waals surface area contributed by atoms with E-state index in [1.807, 2.05) is 0 Å². The summed E-state index contributed by atoms with van der Waals surface area (Å²) in [6.45, 7) is 0. The fourth-order valence-electron chi connectivity index (χ4n) is 3.47. The SMILES string of the molecule is O=C1C(=O)N(c2ccc(Cl)c(Cl)c2)C(c2ccc(O)cc2)/C1=C(\O)c1ccc(Br)cc1. The fraction of sp³-hybridized carbons (Fsp3) is 0.0435. The van der Waals surface area contributed by atoms with E-state index in [1.54, 1.807) is 42.5 Å². The number of hydrogen-bond acceptors (Lipinski definition) is 4. The highest BCUT2D eigenvalue weighted by Crippen LogP contribution is 2.43. The lowest BCUT2D eigenvalue weighted by Crippen LogP contribution is -2.29. The van der Waals surface area contributed by atoms with Gasteiger partial charge in [0.15, 0.2) is 0 Å². The highest BCUT2D eigenvalue weighted by molar-refractivity contribution is 9.10. The monoisotopic (exact) mass is 517 g/mol. The molecule has 1 fully saturated rings. The Labute approximate surface area is 196 Å². The molecule has 0 bridgehead atoms. The molecule has 1 aliphatic rings. The number of carbonyl (C=O) groups is 2. The first-order valence-corrected chi connectivity index (χ1v) is 10.6. The summed E-state index contributed by atoms with van der Waals surface area (Å²) < 4.78 is 0.801. The van der Waals surface area contributed by atoms with Gasteiger partial charge in [-0.1, -0.05) is 63.4 Å². The van der Waals surface area contributed by atoms with E-state index in [0.717, 1.165) is 4.47 Å². The Hall–Kier alpha value is -2.80. The van der Waals surface area contributed by atoms with Gasteiger partial charge in [-0.2, -0.15) is 0 Å². The second-order valence-corrected chi connectivity index (χ2v) is 8.60. The van der Waals surface area contributed by atoms with Crippen LogP contribution >= 0.6 is 39.1 Å². The van der Waals surface area contributed by atoms with Gasteiger partial charge in [-0.05, 0) is 48.0 Å². The number of hydrogen-bond donors (Lipinski definition) is 2. The third-order valence-electron chi connectivity index (χ3n) is 4.95. The summed E-state index contributed by atoms with van der Waals surface area (Å²) in [7, 11) is 0. The Kier molecular flexibility index (Phi) is 5.79. The zero-order valence-corrected chi connectivity index (χ0v) is 18.8.